The number of hydrogen-bond acceptors (Lipinski definition) is 2. The Kier molecular flexibility index (Phi) is 3.69. The standard InChI is InChI=1S/C15H25N3/c1-12-4-2-5-13(10-12)17-14-6-3-7-15(14)18-9-8-16-11-18/h8-9,11-15,17H,2-7,10H2,1H3. The first-order valence-corrected chi connectivity index (χ1v) is 7.56. The summed E-state index contributed by atoms with van der Waals surface area (Å²) < 4.78 is 2.30. The molecule has 2 aliphatic rings. The van der Waals surface area contributed by atoms with E-state index in [1.165, 1.54) is 44.9 Å². The fourth-order valence-electron chi connectivity index (χ4n) is 3.85. The lowest BCUT2D eigenvalue weighted by Crippen LogP contribution is -2.43. The minimum Gasteiger partial charge on any atom is -0.333 e. The Labute approximate surface area is 110 Å². The average Bonchev–Trinajstić information content (AvgIpc) is 2.98. The second-order valence-electron chi connectivity index (χ2n) is 6.25. The van der Waals surface area contributed by atoms with E-state index in [0.29, 0.717) is 12.1 Å². The van der Waals surface area contributed by atoms with Gasteiger partial charge in [0.2, 0.25) is 0 Å². The van der Waals surface area contributed by atoms with Crippen LogP contribution in [0.2, 0.25) is 0 Å². The van der Waals surface area contributed by atoms with Crippen molar-refractivity contribution in [2.24, 2.45) is 5.92 Å². The van der Waals surface area contributed by atoms with Gasteiger partial charge in [0.05, 0.1) is 6.33 Å². The van der Waals surface area contributed by atoms with Crippen molar-refractivity contribution in [2.75, 3.05) is 0 Å². The molecular weight excluding hydrogens is 222 g/mol. The SMILES string of the molecule is CC1CCCC(NC2CCCC2n2ccnc2)C1. The van der Waals surface area contributed by atoms with Gasteiger partial charge in [-0.2, -0.15) is 0 Å². The minimum atomic E-state index is 0.629. The molecule has 0 saturated heterocycles. The van der Waals surface area contributed by atoms with E-state index >= 15 is 0 Å². The summed E-state index contributed by atoms with van der Waals surface area (Å²) in [4.78, 5) is 4.20. The molecule has 0 aliphatic heterocycles. The summed E-state index contributed by atoms with van der Waals surface area (Å²) in [6, 6.07) is 2.04. The first kappa shape index (κ1) is 12.2. The van der Waals surface area contributed by atoms with Crippen molar-refractivity contribution in [3.8, 4) is 0 Å². The Hall–Kier alpha value is -0.830. The molecule has 0 radical (unpaired) electrons. The second kappa shape index (κ2) is 5.43. The number of rotatable bonds is 3. The molecule has 4 unspecified atom stereocenters. The molecule has 0 spiro atoms. The monoisotopic (exact) mass is 247 g/mol. The average molecular weight is 247 g/mol. The molecule has 2 aliphatic carbocycles. The van der Waals surface area contributed by atoms with Gasteiger partial charge in [0, 0.05) is 30.5 Å². The molecule has 1 N–H and O–H groups in total. The molecule has 0 amide bonds. The first-order valence-electron chi connectivity index (χ1n) is 7.56. The predicted octanol–water partition coefficient (Wildman–Crippen LogP) is 3.15. The zero-order valence-electron chi connectivity index (χ0n) is 11.4. The summed E-state index contributed by atoms with van der Waals surface area (Å²) in [6.07, 6.45) is 15.5. The predicted molar refractivity (Wildman–Crippen MR) is 73.5 cm³/mol. The topological polar surface area (TPSA) is 29.9 Å². The second-order valence-corrected chi connectivity index (χ2v) is 6.25. The molecule has 1 aromatic heterocycles. The third-order valence-corrected chi connectivity index (χ3v) is 4.77. The van der Waals surface area contributed by atoms with Crippen LogP contribution in [0.15, 0.2) is 18.7 Å². The van der Waals surface area contributed by atoms with E-state index in [1.54, 1.807) is 0 Å². The molecule has 0 bridgehead atoms. The van der Waals surface area contributed by atoms with Gasteiger partial charge in [0.25, 0.3) is 0 Å². The van der Waals surface area contributed by atoms with Gasteiger partial charge in [-0.3, -0.25) is 0 Å². The molecule has 1 aromatic rings. The maximum absolute atomic E-state index is 4.20. The van der Waals surface area contributed by atoms with Gasteiger partial charge in [-0.1, -0.05) is 19.8 Å². The lowest BCUT2D eigenvalue weighted by atomic mass is 9.86. The van der Waals surface area contributed by atoms with Gasteiger partial charge in [-0.15, -0.1) is 0 Å². The Morgan fingerprint density at radius 3 is 2.83 bits per heavy atom. The highest BCUT2D eigenvalue weighted by molar-refractivity contribution is 4.93. The van der Waals surface area contributed by atoms with Crippen LogP contribution in [0.3, 0.4) is 0 Å². The zero-order chi connectivity index (χ0) is 12.4. The Bertz CT molecular complexity index is 360. The number of nitrogens with one attached hydrogen (secondary N) is 1. The van der Waals surface area contributed by atoms with E-state index in [9.17, 15) is 0 Å². The molecule has 18 heavy (non-hydrogen) atoms. The smallest absolute Gasteiger partial charge is 0.0949 e. The van der Waals surface area contributed by atoms with E-state index in [2.05, 4.69) is 28.0 Å². The van der Waals surface area contributed by atoms with Crippen LogP contribution in [0.1, 0.15) is 57.9 Å². The highest BCUT2D eigenvalue weighted by Gasteiger charge is 2.31. The third kappa shape index (κ3) is 2.61. The van der Waals surface area contributed by atoms with Gasteiger partial charge >= 0.3 is 0 Å². The van der Waals surface area contributed by atoms with Crippen molar-refractivity contribution < 1.29 is 0 Å². The molecule has 0 aromatic carbocycles. The van der Waals surface area contributed by atoms with Crippen molar-refractivity contribution in [1.82, 2.24) is 14.9 Å². The molecule has 100 valence electrons. The van der Waals surface area contributed by atoms with Crippen molar-refractivity contribution in [3.63, 3.8) is 0 Å². The highest BCUT2D eigenvalue weighted by Crippen LogP contribution is 2.32. The van der Waals surface area contributed by atoms with Crippen LogP contribution in [0.4, 0.5) is 0 Å². The lowest BCUT2D eigenvalue weighted by Gasteiger charge is -2.32. The maximum Gasteiger partial charge on any atom is 0.0949 e. The molecular formula is C15H25N3. The maximum atomic E-state index is 4.20. The van der Waals surface area contributed by atoms with E-state index in [1.807, 2.05) is 12.5 Å². The van der Waals surface area contributed by atoms with Crippen molar-refractivity contribution in [3.05, 3.63) is 18.7 Å². The van der Waals surface area contributed by atoms with Crippen LogP contribution < -0.4 is 5.32 Å². The van der Waals surface area contributed by atoms with Gasteiger partial charge < -0.3 is 9.88 Å². The molecule has 3 heteroatoms. The number of imidazole rings is 1. The van der Waals surface area contributed by atoms with Crippen LogP contribution in [0, 0.1) is 5.92 Å². The van der Waals surface area contributed by atoms with E-state index in [0.717, 1.165) is 12.0 Å². The summed E-state index contributed by atoms with van der Waals surface area (Å²) in [7, 11) is 0. The fourth-order valence-corrected chi connectivity index (χ4v) is 3.85. The van der Waals surface area contributed by atoms with Crippen LogP contribution >= 0.6 is 0 Å². The Morgan fingerprint density at radius 1 is 1.17 bits per heavy atom. The van der Waals surface area contributed by atoms with Gasteiger partial charge in [-0.25, -0.2) is 4.98 Å². The lowest BCUT2D eigenvalue weighted by molar-refractivity contribution is 0.259. The van der Waals surface area contributed by atoms with Gasteiger partial charge in [-0.05, 0) is 38.0 Å². The van der Waals surface area contributed by atoms with Crippen LogP contribution in [0.25, 0.3) is 0 Å². The van der Waals surface area contributed by atoms with Crippen LogP contribution in [-0.4, -0.2) is 21.6 Å². The minimum absolute atomic E-state index is 0.629. The first-order chi connectivity index (χ1) is 8.83. The molecule has 2 fully saturated rings. The number of hydrogen-bond donors (Lipinski definition) is 1. The number of aromatic nitrogens is 2. The van der Waals surface area contributed by atoms with Crippen molar-refractivity contribution in [2.45, 2.75) is 70.0 Å². The van der Waals surface area contributed by atoms with Crippen molar-refractivity contribution in [1.29, 1.82) is 0 Å². The Balaban J connectivity index is 1.61. The summed E-state index contributed by atoms with van der Waals surface area (Å²) >= 11 is 0. The number of nitrogens with zero attached hydrogens (tertiary/aromatic N) is 2. The summed E-state index contributed by atoms with van der Waals surface area (Å²) in [6.45, 7) is 2.40. The fraction of sp³-hybridized carbons (Fsp3) is 0.800. The largest absolute Gasteiger partial charge is 0.333 e. The third-order valence-electron chi connectivity index (χ3n) is 4.77. The Morgan fingerprint density at radius 2 is 2.06 bits per heavy atom. The normalized spacial score (nSPS) is 36.9. The van der Waals surface area contributed by atoms with E-state index in [-0.39, 0.29) is 0 Å². The molecule has 1 heterocycles. The van der Waals surface area contributed by atoms with E-state index < -0.39 is 0 Å². The highest BCUT2D eigenvalue weighted by atomic mass is 15.1. The quantitative estimate of drug-likeness (QED) is 0.889. The molecule has 2 saturated carbocycles. The summed E-state index contributed by atoms with van der Waals surface area (Å²) in [5, 5.41) is 3.94. The van der Waals surface area contributed by atoms with Crippen LogP contribution in [-0.2, 0) is 0 Å². The molecule has 3 nitrogen and oxygen atoms in total. The van der Waals surface area contributed by atoms with Gasteiger partial charge in [0.15, 0.2) is 0 Å². The van der Waals surface area contributed by atoms with Crippen molar-refractivity contribution >= 4 is 0 Å². The van der Waals surface area contributed by atoms with E-state index in [4.69, 9.17) is 0 Å². The molecule has 4 atom stereocenters. The van der Waals surface area contributed by atoms with Crippen LogP contribution in [0.5, 0.6) is 0 Å². The summed E-state index contributed by atoms with van der Waals surface area (Å²) in [5.74, 6) is 0.907. The zero-order valence-corrected chi connectivity index (χ0v) is 11.4. The van der Waals surface area contributed by atoms with Gasteiger partial charge in [0.1, 0.15) is 0 Å². The summed E-state index contributed by atoms with van der Waals surface area (Å²) in [5.41, 5.74) is 0. The molecule has 3 rings (SSSR count).